The molecule has 1 aromatic carbocycles. The number of primary sulfonamides is 1. The lowest BCUT2D eigenvalue weighted by Crippen LogP contribution is -2.15. The summed E-state index contributed by atoms with van der Waals surface area (Å²) in [6.45, 7) is 1.75. The van der Waals surface area contributed by atoms with Crippen LogP contribution in [0, 0.1) is 12.7 Å². The van der Waals surface area contributed by atoms with Gasteiger partial charge in [-0.25, -0.2) is 22.9 Å². The number of carbonyl (C=O) groups excluding carboxylic acids is 1. The summed E-state index contributed by atoms with van der Waals surface area (Å²) in [5, 5.41) is 9.56. The second-order valence-electron chi connectivity index (χ2n) is 3.90. The normalized spacial score (nSPS) is 11.3. The molecule has 3 N–H and O–H groups in total. The molecule has 0 aliphatic carbocycles. The molecule has 1 amide bonds. The third-order valence-electron chi connectivity index (χ3n) is 2.35. The lowest BCUT2D eigenvalue weighted by Gasteiger charge is -2.05. The molecular weight excluding hydrogens is 305 g/mol. The molecule has 0 saturated heterocycles. The highest BCUT2D eigenvalue weighted by atomic mass is 32.2. The molecule has 20 heavy (non-hydrogen) atoms. The Morgan fingerprint density at radius 1 is 1.45 bits per heavy atom. The summed E-state index contributed by atoms with van der Waals surface area (Å²) in [4.78, 5) is 15.1. The number of nitrogens with zero attached hydrogens (tertiary/aromatic N) is 1. The van der Waals surface area contributed by atoms with Gasteiger partial charge in [-0.1, -0.05) is 0 Å². The van der Waals surface area contributed by atoms with Crippen molar-refractivity contribution in [2.45, 2.75) is 11.8 Å². The molecule has 106 valence electrons. The molecule has 2 rings (SSSR count). The van der Waals surface area contributed by atoms with E-state index in [-0.39, 0.29) is 11.4 Å². The number of amides is 1. The first kappa shape index (κ1) is 14.6. The Labute approximate surface area is 118 Å². The van der Waals surface area contributed by atoms with Gasteiger partial charge in [-0.15, -0.1) is 11.3 Å². The van der Waals surface area contributed by atoms with E-state index in [1.54, 1.807) is 12.3 Å². The molecule has 0 fully saturated rings. The minimum absolute atomic E-state index is 0.116. The molecule has 1 aromatic heterocycles. The largest absolute Gasteiger partial charge is 0.321 e. The van der Waals surface area contributed by atoms with Gasteiger partial charge in [-0.3, -0.25) is 4.79 Å². The smallest absolute Gasteiger partial charge is 0.275 e. The molecule has 0 saturated carbocycles. The maximum absolute atomic E-state index is 13.6. The van der Waals surface area contributed by atoms with Gasteiger partial charge in [-0.05, 0) is 25.1 Å². The van der Waals surface area contributed by atoms with Crippen LogP contribution >= 0.6 is 11.3 Å². The highest BCUT2D eigenvalue weighted by Crippen LogP contribution is 2.18. The Morgan fingerprint density at radius 2 is 2.15 bits per heavy atom. The van der Waals surface area contributed by atoms with E-state index >= 15 is 0 Å². The van der Waals surface area contributed by atoms with E-state index in [4.69, 9.17) is 5.14 Å². The summed E-state index contributed by atoms with van der Waals surface area (Å²) in [6, 6.07) is 3.13. The number of hydrogen-bond donors (Lipinski definition) is 2. The van der Waals surface area contributed by atoms with E-state index in [9.17, 15) is 17.6 Å². The molecule has 0 atom stereocenters. The summed E-state index contributed by atoms with van der Waals surface area (Å²) in [6.07, 6.45) is 0. The number of aromatic nitrogens is 1. The van der Waals surface area contributed by atoms with Crippen molar-refractivity contribution in [2.75, 3.05) is 5.32 Å². The second-order valence-corrected chi connectivity index (χ2v) is 6.49. The summed E-state index contributed by atoms with van der Waals surface area (Å²) in [5.41, 5.74) is 0.328. The van der Waals surface area contributed by atoms with E-state index in [2.05, 4.69) is 10.3 Å². The van der Waals surface area contributed by atoms with E-state index in [1.807, 2.05) is 0 Å². The van der Waals surface area contributed by atoms with E-state index in [0.717, 1.165) is 17.1 Å². The molecule has 0 radical (unpaired) electrons. The summed E-state index contributed by atoms with van der Waals surface area (Å²) in [5.74, 6) is -1.53. The SMILES string of the molecule is Cc1nc(C(=O)Nc2ccc(S(N)(=O)=O)c(F)c2)cs1. The van der Waals surface area contributed by atoms with Gasteiger partial charge in [0.1, 0.15) is 16.4 Å². The summed E-state index contributed by atoms with van der Waals surface area (Å²) >= 11 is 1.31. The first-order valence-corrected chi connectivity index (χ1v) is 7.76. The zero-order chi connectivity index (χ0) is 14.9. The molecule has 6 nitrogen and oxygen atoms in total. The quantitative estimate of drug-likeness (QED) is 0.895. The van der Waals surface area contributed by atoms with Crippen LogP contribution in [0.15, 0.2) is 28.5 Å². The minimum atomic E-state index is -4.13. The molecule has 0 aliphatic rings. The number of benzene rings is 1. The van der Waals surface area contributed by atoms with Crippen LogP contribution < -0.4 is 10.5 Å². The van der Waals surface area contributed by atoms with Gasteiger partial charge in [0, 0.05) is 11.1 Å². The first-order valence-electron chi connectivity index (χ1n) is 5.33. The third-order valence-corrected chi connectivity index (χ3v) is 4.07. The average Bonchev–Trinajstić information content (AvgIpc) is 2.74. The topological polar surface area (TPSA) is 102 Å². The molecule has 0 spiro atoms. The second kappa shape index (κ2) is 5.27. The third kappa shape index (κ3) is 3.18. The maximum atomic E-state index is 13.6. The van der Waals surface area contributed by atoms with Crippen LogP contribution in [0.3, 0.4) is 0 Å². The monoisotopic (exact) mass is 315 g/mol. The number of thiazole rings is 1. The summed E-state index contributed by atoms with van der Waals surface area (Å²) < 4.78 is 35.7. The number of sulfonamides is 1. The number of hydrogen-bond acceptors (Lipinski definition) is 5. The predicted octanol–water partition coefficient (Wildman–Crippen LogP) is 1.49. The van der Waals surface area contributed by atoms with Crippen LogP contribution in [-0.2, 0) is 10.0 Å². The number of anilines is 1. The summed E-state index contributed by atoms with van der Waals surface area (Å²) in [7, 11) is -4.13. The molecule has 1 heterocycles. The molecule has 0 aliphatic heterocycles. The highest BCUT2D eigenvalue weighted by Gasteiger charge is 2.16. The van der Waals surface area contributed by atoms with E-state index in [0.29, 0.717) is 0 Å². The van der Waals surface area contributed by atoms with Crippen molar-refractivity contribution >= 4 is 33.0 Å². The van der Waals surface area contributed by atoms with E-state index < -0.39 is 26.6 Å². The molecule has 2 aromatic rings. The lowest BCUT2D eigenvalue weighted by molar-refractivity contribution is 0.102. The van der Waals surface area contributed by atoms with Gasteiger partial charge in [-0.2, -0.15) is 0 Å². The zero-order valence-electron chi connectivity index (χ0n) is 10.3. The van der Waals surface area contributed by atoms with Gasteiger partial charge in [0.2, 0.25) is 10.0 Å². The van der Waals surface area contributed by atoms with Crippen molar-refractivity contribution in [3.63, 3.8) is 0 Å². The lowest BCUT2D eigenvalue weighted by atomic mass is 10.3. The number of nitrogens with two attached hydrogens (primary N) is 1. The van der Waals surface area contributed by atoms with Crippen molar-refractivity contribution < 1.29 is 17.6 Å². The number of rotatable bonds is 3. The van der Waals surface area contributed by atoms with Crippen LogP contribution in [-0.4, -0.2) is 19.3 Å². The molecule has 0 bridgehead atoms. The Balaban J connectivity index is 2.23. The Bertz CT molecular complexity index is 771. The number of carbonyl (C=O) groups is 1. The van der Waals surface area contributed by atoms with Crippen LogP contribution in [0.5, 0.6) is 0 Å². The Kier molecular flexibility index (Phi) is 3.84. The van der Waals surface area contributed by atoms with Crippen LogP contribution in [0.2, 0.25) is 0 Å². The van der Waals surface area contributed by atoms with Crippen molar-refractivity contribution in [3.05, 3.63) is 40.1 Å². The molecule has 0 unspecified atom stereocenters. The van der Waals surface area contributed by atoms with Crippen molar-refractivity contribution in [2.24, 2.45) is 5.14 Å². The van der Waals surface area contributed by atoms with Crippen LogP contribution in [0.25, 0.3) is 0 Å². The van der Waals surface area contributed by atoms with Gasteiger partial charge >= 0.3 is 0 Å². The fraction of sp³-hybridized carbons (Fsp3) is 0.0909. The van der Waals surface area contributed by atoms with Gasteiger partial charge in [0.25, 0.3) is 5.91 Å². The fourth-order valence-corrected chi connectivity index (χ4v) is 2.65. The molecule has 9 heteroatoms. The van der Waals surface area contributed by atoms with Crippen molar-refractivity contribution in [1.29, 1.82) is 0 Å². The maximum Gasteiger partial charge on any atom is 0.275 e. The average molecular weight is 315 g/mol. The van der Waals surface area contributed by atoms with Gasteiger partial charge < -0.3 is 5.32 Å². The van der Waals surface area contributed by atoms with Crippen LogP contribution in [0.1, 0.15) is 15.5 Å². The van der Waals surface area contributed by atoms with Gasteiger partial charge in [0.05, 0.1) is 5.01 Å². The standard InChI is InChI=1S/C11H10FN3O3S2/c1-6-14-9(5-19-6)11(16)15-7-2-3-10(8(12)4-7)20(13,17)18/h2-5H,1H3,(H,15,16)(H2,13,17,18). The molecular formula is C11H10FN3O3S2. The fourth-order valence-electron chi connectivity index (χ4n) is 1.47. The number of aryl methyl sites for hydroxylation is 1. The van der Waals surface area contributed by atoms with Crippen LogP contribution in [0.4, 0.5) is 10.1 Å². The first-order chi connectivity index (χ1) is 9.27. The Morgan fingerprint density at radius 3 is 2.65 bits per heavy atom. The number of nitrogens with one attached hydrogen (secondary N) is 1. The Hall–Kier alpha value is -1.84. The minimum Gasteiger partial charge on any atom is -0.321 e. The highest BCUT2D eigenvalue weighted by molar-refractivity contribution is 7.89. The zero-order valence-corrected chi connectivity index (χ0v) is 11.9. The van der Waals surface area contributed by atoms with E-state index in [1.165, 1.54) is 17.4 Å². The number of halogens is 1. The predicted molar refractivity (Wildman–Crippen MR) is 72.6 cm³/mol. The van der Waals surface area contributed by atoms with Gasteiger partial charge in [0.15, 0.2) is 0 Å². The van der Waals surface area contributed by atoms with Crippen molar-refractivity contribution in [3.8, 4) is 0 Å². The van der Waals surface area contributed by atoms with Crippen molar-refractivity contribution in [1.82, 2.24) is 4.98 Å².